The first-order valence-corrected chi connectivity index (χ1v) is 5.16. The molecule has 0 spiro atoms. The summed E-state index contributed by atoms with van der Waals surface area (Å²) in [4.78, 5) is 18.3. The van der Waals surface area contributed by atoms with E-state index in [1.54, 1.807) is 13.1 Å². The van der Waals surface area contributed by atoms with Crippen LogP contribution in [0.15, 0.2) is 11.0 Å². The summed E-state index contributed by atoms with van der Waals surface area (Å²) < 4.78 is 0. The van der Waals surface area contributed by atoms with E-state index in [1.165, 1.54) is 0 Å². The van der Waals surface area contributed by atoms with Crippen LogP contribution in [0.3, 0.4) is 0 Å². The summed E-state index contributed by atoms with van der Waals surface area (Å²) in [5.41, 5.74) is 0.355. The van der Waals surface area contributed by atoms with Gasteiger partial charge in [0.25, 0.3) is 5.56 Å². The maximum Gasteiger partial charge on any atom is 0.255 e. The van der Waals surface area contributed by atoms with Gasteiger partial charge in [0.05, 0.1) is 17.7 Å². The number of aliphatic hydroxyl groups excluding tert-OH is 1. The highest BCUT2D eigenvalue weighted by atomic mass is 16.3. The number of rotatable bonds is 1. The van der Waals surface area contributed by atoms with Crippen LogP contribution < -0.4 is 10.9 Å². The predicted molar refractivity (Wildman–Crippen MR) is 55.6 cm³/mol. The van der Waals surface area contributed by atoms with Crippen molar-refractivity contribution in [3.8, 4) is 0 Å². The largest absolute Gasteiger partial charge is 0.391 e. The van der Waals surface area contributed by atoms with Crippen molar-refractivity contribution >= 4 is 0 Å². The topological polar surface area (TPSA) is 78.0 Å². The van der Waals surface area contributed by atoms with E-state index in [-0.39, 0.29) is 11.6 Å². The average Bonchev–Trinajstić information content (AvgIpc) is 2.20. The molecule has 5 nitrogen and oxygen atoms in total. The Labute approximate surface area is 87.6 Å². The lowest BCUT2D eigenvalue weighted by Crippen LogP contribution is -2.40. The summed E-state index contributed by atoms with van der Waals surface area (Å²) in [7, 11) is 0. The molecule has 1 aliphatic heterocycles. The van der Waals surface area contributed by atoms with E-state index in [9.17, 15) is 9.90 Å². The first kappa shape index (κ1) is 10.3. The van der Waals surface area contributed by atoms with Gasteiger partial charge in [0.2, 0.25) is 0 Å². The van der Waals surface area contributed by atoms with E-state index in [0.717, 1.165) is 19.4 Å². The number of hydrogen-bond acceptors (Lipinski definition) is 4. The molecule has 0 amide bonds. The van der Waals surface area contributed by atoms with Crippen molar-refractivity contribution in [2.75, 3.05) is 6.54 Å². The van der Waals surface area contributed by atoms with Crippen molar-refractivity contribution in [1.82, 2.24) is 15.3 Å². The summed E-state index contributed by atoms with van der Waals surface area (Å²) >= 11 is 0. The van der Waals surface area contributed by atoms with Gasteiger partial charge in [-0.1, -0.05) is 0 Å². The maximum absolute atomic E-state index is 11.6. The van der Waals surface area contributed by atoms with E-state index in [1.807, 2.05) is 0 Å². The summed E-state index contributed by atoms with van der Waals surface area (Å²) in [5, 5.41) is 12.9. The van der Waals surface area contributed by atoms with Crippen molar-refractivity contribution in [1.29, 1.82) is 0 Å². The number of aromatic nitrogens is 2. The smallest absolute Gasteiger partial charge is 0.255 e. The van der Waals surface area contributed by atoms with Gasteiger partial charge in [-0.15, -0.1) is 0 Å². The molecule has 0 bridgehead atoms. The molecule has 15 heavy (non-hydrogen) atoms. The highest BCUT2D eigenvalue weighted by Crippen LogP contribution is 2.20. The Morgan fingerprint density at radius 1 is 1.60 bits per heavy atom. The van der Waals surface area contributed by atoms with Gasteiger partial charge < -0.3 is 15.4 Å². The minimum absolute atomic E-state index is 0.166. The molecule has 1 saturated heterocycles. The summed E-state index contributed by atoms with van der Waals surface area (Å²) in [6.45, 7) is 2.56. The van der Waals surface area contributed by atoms with Crippen LogP contribution in [0.5, 0.6) is 0 Å². The Balaban J connectivity index is 2.32. The minimum atomic E-state index is -0.496. The van der Waals surface area contributed by atoms with Gasteiger partial charge in [-0.2, -0.15) is 0 Å². The highest BCUT2D eigenvalue weighted by molar-refractivity contribution is 5.13. The third-order valence-corrected chi connectivity index (χ3v) is 2.71. The number of nitrogens with zero attached hydrogens (tertiary/aromatic N) is 1. The Bertz CT molecular complexity index is 402. The number of aliphatic hydroxyl groups is 1. The van der Waals surface area contributed by atoms with Gasteiger partial charge >= 0.3 is 0 Å². The van der Waals surface area contributed by atoms with Crippen molar-refractivity contribution in [3.63, 3.8) is 0 Å². The van der Waals surface area contributed by atoms with Gasteiger partial charge in [-0.05, 0) is 26.3 Å². The highest BCUT2D eigenvalue weighted by Gasteiger charge is 2.26. The zero-order chi connectivity index (χ0) is 10.8. The minimum Gasteiger partial charge on any atom is -0.391 e. The van der Waals surface area contributed by atoms with Gasteiger partial charge in [0.15, 0.2) is 0 Å². The normalized spacial score (nSPS) is 26.5. The van der Waals surface area contributed by atoms with Crippen molar-refractivity contribution in [2.24, 2.45) is 0 Å². The van der Waals surface area contributed by atoms with Crippen LogP contribution in [-0.4, -0.2) is 27.7 Å². The van der Waals surface area contributed by atoms with Crippen LogP contribution in [0.25, 0.3) is 0 Å². The van der Waals surface area contributed by atoms with Gasteiger partial charge in [-0.25, -0.2) is 4.98 Å². The van der Waals surface area contributed by atoms with Crippen LogP contribution in [0.1, 0.15) is 30.3 Å². The SMILES string of the molecule is Cc1ncc(C2NCCCC2O)c(=O)[nH]1. The van der Waals surface area contributed by atoms with Gasteiger partial charge in [0.1, 0.15) is 5.82 Å². The zero-order valence-electron chi connectivity index (χ0n) is 8.66. The maximum atomic E-state index is 11.6. The van der Waals surface area contributed by atoms with Gasteiger partial charge in [-0.3, -0.25) is 4.79 Å². The van der Waals surface area contributed by atoms with Crippen LogP contribution in [0.4, 0.5) is 0 Å². The standard InChI is InChI=1S/C10H15N3O2/c1-6-12-5-7(10(15)13-6)9-8(14)3-2-4-11-9/h5,8-9,11,14H,2-4H2,1H3,(H,12,13,15). The van der Waals surface area contributed by atoms with Crippen LogP contribution in [-0.2, 0) is 0 Å². The lowest BCUT2D eigenvalue weighted by atomic mass is 9.96. The molecule has 0 aromatic carbocycles. The molecule has 82 valence electrons. The fourth-order valence-corrected chi connectivity index (χ4v) is 1.90. The third kappa shape index (κ3) is 2.08. The summed E-state index contributed by atoms with van der Waals surface area (Å²) in [6, 6.07) is -0.282. The van der Waals surface area contributed by atoms with Crippen molar-refractivity contribution in [2.45, 2.75) is 31.9 Å². The Morgan fingerprint density at radius 2 is 2.40 bits per heavy atom. The molecule has 1 fully saturated rings. The number of hydrogen-bond donors (Lipinski definition) is 3. The second kappa shape index (κ2) is 4.12. The molecular weight excluding hydrogens is 194 g/mol. The molecule has 0 aliphatic carbocycles. The molecule has 1 aromatic heterocycles. The molecular formula is C10H15N3O2. The van der Waals surface area contributed by atoms with E-state index >= 15 is 0 Å². The monoisotopic (exact) mass is 209 g/mol. The zero-order valence-corrected chi connectivity index (χ0v) is 8.66. The fourth-order valence-electron chi connectivity index (χ4n) is 1.90. The molecule has 2 atom stereocenters. The molecule has 2 rings (SSSR count). The number of aryl methyl sites for hydroxylation is 1. The van der Waals surface area contributed by atoms with Crippen LogP contribution in [0.2, 0.25) is 0 Å². The lowest BCUT2D eigenvalue weighted by molar-refractivity contribution is 0.0957. The fraction of sp³-hybridized carbons (Fsp3) is 0.600. The van der Waals surface area contributed by atoms with Crippen molar-refractivity contribution < 1.29 is 5.11 Å². The van der Waals surface area contributed by atoms with Gasteiger partial charge in [0, 0.05) is 6.20 Å². The Hall–Kier alpha value is -1.20. The second-order valence-electron chi connectivity index (χ2n) is 3.89. The number of piperidine rings is 1. The van der Waals surface area contributed by atoms with Crippen LogP contribution in [0, 0.1) is 6.92 Å². The molecule has 0 radical (unpaired) electrons. The Morgan fingerprint density at radius 3 is 3.07 bits per heavy atom. The Kier molecular flexibility index (Phi) is 2.83. The number of nitrogens with one attached hydrogen (secondary N) is 2. The predicted octanol–water partition coefficient (Wildman–Crippen LogP) is -0.136. The van der Waals surface area contributed by atoms with Crippen molar-refractivity contribution in [3.05, 3.63) is 27.9 Å². The average molecular weight is 209 g/mol. The van der Waals surface area contributed by atoms with E-state index in [0.29, 0.717) is 11.4 Å². The molecule has 3 N–H and O–H groups in total. The second-order valence-corrected chi connectivity index (χ2v) is 3.89. The molecule has 0 saturated carbocycles. The van der Waals surface area contributed by atoms with E-state index < -0.39 is 6.10 Å². The molecule has 5 heteroatoms. The summed E-state index contributed by atoms with van der Waals surface area (Å²) in [6.07, 6.45) is 2.71. The first-order valence-electron chi connectivity index (χ1n) is 5.16. The number of aromatic amines is 1. The molecule has 2 heterocycles. The third-order valence-electron chi connectivity index (χ3n) is 2.71. The number of H-pyrrole nitrogens is 1. The van der Waals surface area contributed by atoms with E-state index in [2.05, 4.69) is 15.3 Å². The molecule has 1 aromatic rings. The first-order chi connectivity index (χ1) is 7.18. The molecule has 1 aliphatic rings. The summed E-state index contributed by atoms with van der Waals surface area (Å²) in [5.74, 6) is 0.592. The quantitative estimate of drug-likeness (QED) is 0.601. The van der Waals surface area contributed by atoms with Crippen LogP contribution >= 0.6 is 0 Å². The molecule has 2 unspecified atom stereocenters. The lowest BCUT2D eigenvalue weighted by Gasteiger charge is -2.28. The van der Waals surface area contributed by atoms with E-state index in [4.69, 9.17) is 0 Å².